The van der Waals surface area contributed by atoms with E-state index in [1.54, 1.807) is 6.92 Å². The second-order valence-electron chi connectivity index (χ2n) is 5.77. The molecule has 3 heteroatoms. The molecule has 18 heavy (non-hydrogen) atoms. The lowest BCUT2D eigenvalue weighted by molar-refractivity contribution is -0.131. The molecule has 1 aliphatic carbocycles. The molecule has 0 aromatic rings. The Morgan fingerprint density at radius 2 is 2.11 bits per heavy atom. The molecule has 0 aliphatic heterocycles. The first-order valence-corrected chi connectivity index (χ1v) is 6.17. The van der Waals surface area contributed by atoms with E-state index in [0.717, 1.165) is 12.0 Å². The summed E-state index contributed by atoms with van der Waals surface area (Å²) in [5.41, 5.74) is 1.67. The molecule has 1 rings (SSSR count). The molecule has 0 heterocycles. The van der Waals surface area contributed by atoms with Gasteiger partial charge in [0.2, 0.25) is 0 Å². The first-order valence-electron chi connectivity index (χ1n) is 6.17. The van der Waals surface area contributed by atoms with E-state index in [0.29, 0.717) is 12.0 Å². The van der Waals surface area contributed by atoms with E-state index in [-0.39, 0.29) is 17.4 Å². The standard InChI is InChI=1S/C15H22O3/c1-10(7-14(17)18)5-6-13-11(2)8-12(16)9-15(13,3)4/h5-7,12-13,16H,2,8-9H2,1,3-4H3,(H,17,18)/b6-5+,10-7+/t12-,13+/m1/s1. The van der Waals surface area contributed by atoms with E-state index >= 15 is 0 Å². The van der Waals surface area contributed by atoms with E-state index in [1.165, 1.54) is 6.08 Å². The Kier molecular flexibility index (Phi) is 4.52. The predicted octanol–water partition coefficient (Wildman–Crippen LogP) is 2.93. The lowest BCUT2D eigenvalue weighted by Crippen LogP contribution is -2.35. The summed E-state index contributed by atoms with van der Waals surface area (Å²) in [7, 11) is 0. The third-order valence-corrected chi connectivity index (χ3v) is 3.44. The summed E-state index contributed by atoms with van der Waals surface area (Å²) in [4.78, 5) is 10.5. The zero-order valence-electron chi connectivity index (χ0n) is 11.3. The fourth-order valence-corrected chi connectivity index (χ4v) is 2.68. The first kappa shape index (κ1) is 14.7. The van der Waals surface area contributed by atoms with Gasteiger partial charge in [-0.2, -0.15) is 0 Å². The van der Waals surface area contributed by atoms with Crippen LogP contribution in [0.2, 0.25) is 0 Å². The van der Waals surface area contributed by atoms with E-state index in [4.69, 9.17) is 5.11 Å². The molecule has 0 saturated heterocycles. The molecular weight excluding hydrogens is 228 g/mol. The van der Waals surface area contributed by atoms with Crippen molar-refractivity contribution in [2.75, 3.05) is 0 Å². The average Bonchev–Trinajstić information content (AvgIpc) is 2.12. The molecule has 0 spiro atoms. The Bertz CT molecular complexity index is 402. The van der Waals surface area contributed by atoms with Gasteiger partial charge >= 0.3 is 5.97 Å². The first-order chi connectivity index (χ1) is 8.22. The van der Waals surface area contributed by atoms with Crippen molar-refractivity contribution in [3.63, 3.8) is 0 Å². The highest BCUT2D eigenvalue weighted by molar-refractivity contribution is 5.81. The summed E-state index contributed by atoms with van der Waals surface area (Å²) < 4.78 is 0. The summed E-state index contributed by atoms with van der Waals surface area (Å²) in [6.45, 7) is 10.0. The SMILES string of the molecule is C=C1C[C@@H](O)CC(C)(C)[C@H]1/C=C/C(C)=C/C(=O)O. The van der Waals surface area contributed by atoms with E-state index in [2.05, 4.69) is 20.4 Å². The highest BCUT2D eigenvalue weighted by atomic mass is 16.4. The molecule has 0 aromatic heterocycles. The van der Waals surface area contributed by atoms with Crippen LogP contribution < -0.4 is 0 Å². The molecule has 0 unspecified atom stereocenters. The molecule has 1 aliphatic rings. The van der Waals surface area contributed by atoms with Gasteiger partial charge in [-0.3, -0.25) is 0 Å². The lowest BCUT2D eigenvalue weighted by Gasteiger charge is -2.41. The molecule has 3 nitrogen and oxygen atoms in total. The van der Waals surface area contributed by atoms with Gasteiger partial charge in [-0.05, 0) is 30.8 Å². The van der Waals surface area contributed by atoms with Crippen molar-refractivity contribution >= 4 is 5.97 Å². The van der Waals surface area contributed by atoms with Crippen molar-refractivity contribution in [2.45, 2.75) is 39.7 Å². The number of rotatable bonds is 3. The summed E-state index contributed by atoms with van der Waals surface area (Å²) in [6, 6.07) is 0. The van der Waals surface area contributed by atoms with Crippen molar-refractivity contribution in [2.24, 2.45) is 11.3 Å². The Hall–Kier alpha value is -1.35. The molecule has 0 radical (unpaired) electrons. The quantitative estimate of drug-likeness (QED) is 0.460. The lowest BCUT2D eigenvalue weighted by atomic mass is 9.65. The summed E-state index contributed by atoms with van der Waals surface area (Å²) in [5, 5.41) is 18.4. The minimum Gasteiger partial charge on any atom is -0.478 e. The van der Waals surface area contributed by atoms with Crippen LogP contribution in [0, 0.1) is 11.3 Å². The van der Waals surface area contributed by atoms with Crippen LogP contribution in [0.25, 0.3) is 0 Å². The van der Waals surface area contributed by atoms with E-state index in [9.17, 15) is 9.90 Å². The largest absolute Gasteiger partial charge is 0.478 e. The third kappa shape index (κ3) is 3.84. The minimum absolute atomic E-state index is 0.0469. The van der Waals surface area contributed by atoms with E-state index < -0.39 is 5.97 Å². The third-order valence-electron chi connectivity index (χ3n) is 3.44. The Balaban J connectivity index is 2.85. The maximum Gasteiger partial charge on any atom is 0.328 e. The van der Waals surface area contributed by atoms with Crippen LogP contribution >= 0.6 is 0 Å². The van der Waals surface area contributed by atoms with Gasteiger partial charge in [-0.15, -0.1) is 0 Å². The second-order valence-corrected chi connectivity index (χ2v) is 5.77. The fraction of sp³-hybridized carbons (Fsp3) is 0.533. The number of aliphatic hydroxyl groups excluding tert-OH is 1. The van der Waals surface area contributed by atoms with Crippen LogP contribution in [-0.4, -0.2) is 22.3 Å². The molecular formula is C15H22O3. The van der Waals surface area contributed by atoms with Crippen LogP contribution in [0.4, 0.5) is 0 Å². The number of allylic oxidation sites excluding steroid dienone is 3. The number of aliphatic carboxylic acids is 1. The predicted molar refractivity (Wildman–Crippen MR) is 72.2 cm³/mol. The van der Waals surface area contributed by atoms with Crippen LogP contribution in [0.5, 0.6) is 0 Å². The minimum atomic E-state index is -0.936. The Morgan fingerprint density at radius 1 is 1.50 bits per heavy atom. The zero-order valence-corrected chi connectivity index (χ0v) is 11.3. The molecule has 2 N–H and O–H groups in total. The maximum atomic E-state index is 10.5. The molecule has 1 fully saturated rings. The van der Waals surface area contributed by atoms with Gasteiger partial charge in [-0.25, -0.2) is 4.79 Å². The van der Waals surface area contributed by atoms with Crippen LogP contribution in [0.3, 0.4) is 0 Å². The van der Waals surface area contributed by atoms with Crippen molar-refractivity contribution in [1.82, 2.24) is 0 Å². The van der Waals surface area contributed by atoms with Crippen LogP contribution in [-0.2, 0) is 4.79 Å². The van der Waals surface area contributed by atoms with Gasteiger partial charge in [0.05, 0.1) is 6.10 Å². The van der Waals surface area contributed by atoms with Crippen LogP contribution in [0.1, 0.15) is 33.6 Å². The van der Waals surface area contributed by atoms with Crippen molar-refractivity contribution in [1.29, 1.82) is 0 Å². The highest BCUT2D eigenvalue weighted by Gasteiger charge is 2.36. The highest BCUT2D eigenvalue weighted by Crippen LogP contribution is 2.43. The van der Waals surface area contributed by atoms with Crippen LogP contribution in [0.15, 0.2) is 36.0 Å². The molecule has 1 saturated carbocycles. The number of hydrogen-bond donors (Lipinski definition) is 2. The molecule has 2 atom stereocenters. The van der Waals surface area contributed by atoms with Crippen molar-refractivity contribution < 1.29 is 15.0 Å². The van der Waals surface area contributed by atoms with Gasteiger partial charge in [0, 0.05) is 12.0 Å². The second kappa shape index (κ2) is 5.53. The summed E-state index contributed by atoms with van der Waals surface area (Å²) in [5.74, 6) is -0.757. The number of carboxylic acid groups (broad SMARTS) is 1. The van der Waals surface area contributed by atoms with Crippen molar-refractivity contribution in [3.8, 4) is 0 Å². The number of aliphatic hydroxyl groups is 1. The Morgan fingerprint density at radius 3 is 2.61 bits per heavy atom. The maximum absolute atomic E-state index is 10.5. The summed E-state index contributed by atoms with van der Waals surface area (Å²) >= 11 is 0. The van der Waals surface area contributed by atoms with E-state index in [1.807, 2.05) is 12.2 Å². The average molecular weight is 250 g/mol. The number of hydrogen-bond acceptors (Lipinski definition) is 2. The van der Waals surface area contributed by atoms with Gasteiger partial charge in [0.1, 0.15) is 0 Å². The fourth-order valence-electron chi connectivity index (χ4n) is 2.68. The smallest absolute Gasteiger partial charge is 0.328 e. The topological polar surface area (TPSA) is 57.5 Å². The Labute approximate surface area is 109 Å². The summed E-state index contributed by atoms with van der Waals surface area (Å²) in [6.07, 6.45) is 6.06. The normalized spacial score (nSPS) is 28.7. The van der Waals surface area contributed by atoms with Gasteiger partial charge < -0.3 is 10.2 Å². The molecule has 0 amide bonds. The molecule has 0 aromatic carbocycles. The zero-order chi connectivity index (χ0) is 13.9. The van der Waals surface area contributed by atoms with Crippen molar-refractivity contribution in [3.05, 3.63) is 36.0 Å². The van der Waals surface area contributed by atoms with Gasteiger partial charge in [0.15, 0.2) is 0 Å². The molecule has 0 bridgehead atoms. The van der Waals surface area contributed by atoms with Gasteiger partial charge in [0.25, 0.3) is 0 Å². The number of carbonyl (C=O) groups is 1. The molecule has 100 valence electrons. The monoisotopic (exact) mass is 250 g/mol. The number of carboxylic acids is 1. The van der Waals surface area contributed by atoms with Gasteiger partial charge in [-0.1, -0.05) is 38.2 Å².